The lowest BCUT2D eigenvalue weighted by atomic mass is 10.5. The zero-order chi connectivity index (χ0) is 10.2. The molecule has 0 unspecified atom stereocenters. The molecular weight excluding hydrogens is 184 g/mol. The molecule has 72 valence electrons. The molecule has 0 atom stereocenters. The number of rotatable bonds is 0. The summed E-state index contributed by atoms with van der Waals surface area (Å²) in [6, 6.07) is 7.37. The van der Waals surface area contributed by atoms with Gasteiger partial charge in [-0.3, -0.25) is 4.79 Å². The summed E-state index contributed by atoms with van der Waals surface area (Å²) in [6.45, 7) is 0. The van der Waals surface area contributed by atoms with Gasteiger partial charge in [-0.25, -0.2) is 4.79 Å². The molecule has 0 spiro atoms. The molecule has 0 saturated heterocycles. The third-order valence-electron chi connectivity index (χ3n) is 1.23. The summed E-state index contributed by atoms with van der Waals surface area (Å²) in [4.78, 5) is 20.3. The van der Waals surface area contributed by atoms with Crippen LogP contribution in [-0.4, -0.2) is 0 Å². The van der Waals surface area contributed by atoms with Gasteiger partial charge >= 0.3 is 5.63 Å². The SMILES string of the molecule is O=c1cccco1.O=c1ccocc1. The average Bonchev–Trinajstić information content (AvgIpc) is 2.21. The molecule has 2 aromatic rings. The lowest BCUT2D eigenvalue weighted by Crippen LogP contribution is -1.90. The van der Waals surface area contributed by atoms with Gasteiger partial charge in [0.1, 0.15) is 0 Å². The maximum absolute atomic E-state index is 10.2. The first-order valence-electron chi connectivity index (χ1n) is 3.85. The monoisotopic (exact) mass is 192 g/mol. The fourth-order valence-electron chi connectivity index (χ4n) is 0.639. The van der Waals surface area contributed by atoms with Gasteiger partial charge in [0.05, 0.1) is 18.8 Å². The van der Waals surface area contributed by atoms with Gasteiger partial charge in [0.15, 0.2) is 5.43 Å². The minimum absolute atomic E-state index is 0.0220. The maximum Gasteiger partial charge on any atom is 0.335 e. The number of hydrogen-bond donors (Lipinski definition) is 0. The van der Waals surface area contributed by atoms with Crippen LogP contribution in [0.4, 0.5) is 0 Å². The van der Waals surface area contributed by atoms with E-state index in [0.29, 0.717) is 0 Å². The zero-order valence-electron chi connectivity index (χ0n) is 7.25. The summed E-state index contributed by atoms with van der Waals surface area (Å²) in [5, 5.41) is 0. The molecule has 0 N–H and O–H groups in total. The summed E-state index contributed by atoms with van der Waals surface area (Å²) in [6.07, 6.45) is 4.05. The largest absolute Gasteiger partial charge is 0.472 e. The van der Waals surface area contributed by atoms with E-state index in [1.165, 1.54) is 37.0 Å². The van der Waals surface area contributed by atoms with Gasteiger partial charge in [-0.15, -0.1) is 0 Å². The van der Waals surface area contributed by atoms with Crippen LogP contribution in [-0.2, 0) is 0 Å². The molecule has 2 aromatic heterocycles. The van der Waals surface area contributed by atoms with Crippen molar-refractivity contribution < 1.29 is 8.83 Å². The Hall–Kier alpha value is -2.10. The molecule has 4 nitrogen and oxygen atoms in total. The van der Waals surface area contributed by atoms with Crippen molar-refractivity contribution in [2.45, 2.75) is 0 Å². The molecule has 0 aliphatic rings. The first kappa shape index (κ1) is 9.98. The zero-order valence-corrected chi connectivity index (χ0v) is 7.25. The van der Waals surface area contributed by atoms with Gasteiger partial charge in [-0.2, -0.15) is 0 Å². The molecular formula is C10H8O4. The Morgan fingerprint density at radius 1 is 0.857 bits per heavy atom. The quantitative estimate of drug-likeness (QED) is 0.630. The van der Waals surface area contributed by atoms with E-state index >= 15 is 0 Å². The van der Waals surface area contributed by atoms with E-state index < -0.39 is 0 Å². The summed E-state index contributed by atoms with van der Waals surface area (Å²) >= 11 is 0. The van der Waals surface area contributed by atoms with Crippen LogP contribution in [0.2, 0.25) is 0 Å². The molecule has 0 aliphatic heterocycles. The highest BCUT2D eigenvalue weighted by atomic mass is 16.4. The molecule has 0 amide bonds. The van der Waals surface area contributed by atoms with Crippen LogP contribution >= 0.6 is 0 Å². The van der Waals surface area contributed by atoms with E-state index in [-0.39, 0.29) is 11.1 Å². The average molecular weight is 192 g/mol. The lowest BCUT2D eigenvalue weighted by Gasteiger charge is -1.72. The van der Waals surface area contributed by atoms with Crippen LogP contribution in [0.5, 0.6) is 0 Å². The molecule has 0 saturated carbocycles. The first-order chi connectivity index (χ1) is 6.79. The Bertz CT molecular complexity index is 389. The second-order valence-corrected chi connectivity index (χ2v) is 2.27. The summed E-state index contributed by atoms with van der Waals surface area (Å²) in [5.74, 6) is 0. The summed E-state index contributed by atoms with van der Waals surface area (Å²) in [5.41, 5.74) is -0.325. The molecule has 0 fully saturated rings. The fraction of sp³-hybridized carbons (Fsp3) is 0. The third-order valence-corrected chi connectivity index (χ3v) is 1.23. The highest BCUT2D eigenvalue weighted by molar-refractivity contribution is 4.86. The van der Waals surface area contributed by atoms with Crippen molar-refractivity contribution in [3.63, 3.8) is 0 Å². The van der Waals surface area contributed by atoms with Crippen LogP contribution in [0.15, 0.2) is 67.5 Å². The van der Waals surface area contributed by atoms with Gasteiger partial charge in [0, 0.05) is 18.2 Å². The van der Waals surface area contributed by atoms with Gasteiger partial charge in [0.2, 0.25) is 0 Å². The van der Waals surface area contributed by atoms with Crippen molar-refractivity contribution in [1.82, 2.24) is 0 Å². The van der Waals surface area contributed by atoms with Crippen molar-refractivity contribution in [3.8, 4) is 0 Å². The smallest absolute Gasteiger partial charge is 0.335 e. The second-order valence-electron chi connectivity index (χ2n) is 2.27. The fourth-order valence-corrected chi connectivity index (χ4v) is 0.639. The Morgan fingerprint density at radius 2 is 1.57 bits per heavy atom. The second kappa shape index (κ2) is 5.53. The van der Waals surface area contributed by atoms with Crippen molar-refractivity contribution in [1.29, 1.82) is 0 Å². The van der Waals surface area contributed by atoms with Gasteiger partial charge in [0.25, 0.3) is 0 Å². The Labute approximate surface area is 79.4 Å². The van der Waals surface area contributed by atoms with E-state index in [1.54, 1.807) is 12.1 Å². The molecule has 2 heterocycles. The molecule has 14 heavy (non-hydrogen) atoms. The predicted octanol–water partition coefficient (Wildman–Crippen LogP) is 1.28. The minimum Gasteiger partial charge on any atom is -0.472 e. The van der Waals surface area contributed by atoms with E-state index in [4.69, 9.17) is 0 Å². The lowest BCUT2D eigenvalue weighted by molar-refractivity contribution is 0.511. The highest BCUT2D eigenvalue weighted by Crippen LogP contribution is 1.72. The van der Waals surface area contributed by atoms with Crippen molar-refractivity contribution in [2.24, 2.45) is 0 Å². The van der Waals surface area contributed by atoms with Crippen molar-refractivity contribution in [2.75, 3.05) is 0 Å². The molecule has 0 aromatic carbocycles. The molecule has 4 heteroatoms. The summed E-state index contributed by atoms with van der Waals surface area (Å²) < 4.78 is 8.93. The molecule has 0 radical (unpaired) electrons. The van der Waals surface area contributed by atoms with Gasteiger partial charge < -0.3 is 8.83 Å². The van der Waals surface area contributed by atoms with Crippen LogP contribution < -0.4 is 11.1 Å². The molecule has 0 bridgehead atoms. The van der Waals surface area contributed by atoms with Gasteiger partial charge in [-0.1, -0.05) is 6.07 Å². The van der Waals surface area contributed by atoms with Crippen molar-refractivity contribution in [3.05, 3.63) is 69.8 Å². The highest BCUT2D eigenvalue weighted by Gasteiger charge is 1.73. The predicted molar refractivity (Wildman–Crippen MR) is 50.0 cm³/mol. The topological polar surface area (TPSA) is 60.4 Å². The molecule has 0 aliphatic carbocycles. The van der Waals surface area contributed by atoms with Crippen molar-refractivity contribution >= 4 is 0 Å². The van der Waals surface area contributed by atoms with Crippen LogP contribution in [0, 0.1) is 0 Å². The first-order valence-corrected chi connectivity index (χ1v) is 3.85. The molecule has 2 rings (SSSR count). The minimum atomic E-state index is -0.303. The maximum atomic E-state index is 10.2. The third kappa shape index (κ3) is 4.06. The van der Waals surface area contributed by atoms with Crippen LogP contribution in [0.1, 0.15) is 0 Å². The Morgan fingerprint density at radius 3 is 1.86 bits per heavy atom. The van der Waals surface area contributed by atoms with E-state index in [2.05, 4.69) is 8.83 Å². The number of hydrogen-bond acceptors (Lipinski definition) is 4. The summed E-state index contributed by atoms with van der Waals surface area (Å²) in [7, 11) is 0. The van der Waals surface area contributed by atoms with E-state index in [0.717, 1.165) is 0 Å². The van der Waals surface area contributed by atoms with Crippen LogP contribution in [0.25, 0.3) is 0 Å². The van der Waals surface area contributed by atoms with E-state index in [9.17, 15) is 9.59 Å². The normalized spacial score (nSPS) is 8.57. The Kier molecular flexibility index (Phi) is 3.94. The Balaban J connectivity index is 0.000000140. The standard InChI is InChI=1S/2C5H4O2/c6-5-1-3-7-4-2-5;6-5-3-1-2-4-7-5/h2*1-4H. The van der Waals surface area contributed by atoms with Gasteiger partial charge in [-0.05, 0) is 6.07 Å². The van der Waals surface area contributed by atoms with E-state index in [1.807, 2.05) is 0 Å². The van der Waals surface area contributed by atoms with Crippen LogP contribution in [0.3, 0.4) is 0 Å².